The monoisotopic (exact) mass is 338 g/mol. The van der Waals surface area contributed by atoms with Gasteiger partial charge in [0.2, 0.25) is 5.91 Å². The van der Waals surface area contributed by atoms with Gasteiger partial charge < -0.3 is 10.6 Å². The number of nitrogens with zero attached hydrogens (tertiary/aromatic N) is 1. The second-order valence-electron chi connectivity index (χ2n) is 6.58. The molecule has 130 valence electrons. The number of allylic oxidation sites excluding steroid dienone is 1. The van der Waals surface area contributed by atoms with Crippen LogP contribution in [-0.2, 0) is 4.79 Å². The number of carbonyl (C=O) groups is 1. The summed E-state index contributed by atoms with van der Waals surface area (Å²) in [6.07, 6.45) is 5.59. The lowest BCUT2D eigenvalue weighted by atomic mass is 9.80. The predicted molar refractivity (Wildman–Crippen MR) is 84.8 cm³/mol. The second kappa shape index (κ2) is 6.97. The zero-order valence-electron chi connectivity index (χ0n) is 13.4. The summed E-state index contributed by atoms with van der Waals surface area (Å²) in [5, 5.41) is 0. The molecule has 2 atom stereocenters. The minimum Gasteiger partial charge on any atom is -0.339 e. The molecule has 0 spiro atoms. The predicted octanol–water partition coefficient (Wildman–Crippen LogP) is 3.25. The molecule has 1 aliphatic carbocycles. The first kappa shape index (κ1) is 17.0. The Bertz CT molecular complexity index is 668. The van der Waals surface area contributed by atoms with Gasteiger partial charge in [0, 0.05) is 36.7 Å². The zero-order chi connectivity index (χ0) is 17.3. The Balaban J connectivity index is 1.77. The van der Waals surface area contributed by atoms with E-state index >= 15 is 0 Å². The Labute approximate surface area is 139 Å². The van der Waals surface area contributed by atoms with E-state index < -0.39 is 29.4 Å². The molecule has 1 aromatic rings. The van der Waals surface area contributed by atoms with Gasteiger partial charge >= 0.3 is 0 Å². The number of amides is 1. The number of carbonyl (C=O) groups excluding carboxylic acids is 1. The van der Waals surface area contributed by atoms with Gasteiger partial charge in [0.15, 0.2) is 11.6 Å². The van der Waals surface area contributed by atoms with Crippen LogP contribution in [0.15, 0.2) is 23.8 Å². The number of nitrogens with two attached hydrogens (primary N) is 1. The highest BCUT2D eigenvalue weighted by molar-refractivity contribution is 5.93. The molecule has 6 heteroatoms. The zero-order valence-corrected chi connectivity index (χ0v) is 13.4. The molecule has 1 aromatic carbocycles. The van der Waals surface area contributed by atoms with Crippen LogP contribution in [0.25, 0.3) is 0 Å². The topological polar surface area (TPSA) is 46.3 Å². The molecule has 1 fully saturated rings. The van der Waals surface area contributed by atoms with E-state index in [0.29, 0.717) is 24.5 Å². The van der Waals surface area contributed by atoms with Crippen LogP contribution >= 0.6 is 0 Å². The lowest BCUT2D eigenvalue weighted by Gasteiger charge is -2.32. The molecule has 1 heterocycles. The average molecular weight is 338 g/mol. The van der Waals surface area contributed by atoms with Gasteiger partial charge in [-0.25, -0.2) is 13.2 Å². The van der Waals surface area contributed by atoms with E-state index in [9.17, 15) is 18.0 Å². The van der Waals surface area contributed by atoms with Crippen LogP contribution < -0.4 is 5.73 Å². The van der Waals surface area contributed by atoms with E-state index in [4.69, 9.17) is 5.73 Å². The third-order valence-electron chi connectivity index (χ3n) is 4.95. The summed E-state index contributed by atoms with van der Waals surface area (Å²) in [5.74, 6) is -3.56. The average Bonchev–Trinajstić information content (AvgIpc) is 2.58. The standard InChI is InChI=1S/C18H21F3N2O/c19-14-10-16(21)15(20)9-13(14)12-5-4-11(8-17(12)22)18(24)23-6-2-1-3-7-23/h4,9-10,12,17H,1-3,5-8,22H2/t12-,17+/m0/s1. The third-order valence-corrected chi connectivity index (χ3v) is 4.95. The highest BCUT2D eigenvalue weighted by atomic mass is 19.2. The molecule has 24 heavy (non-hydrogen) atoms. The second-order valence-corrected chi connectivity index (χ2v) is 6.58. The van der Waals surface area contributed by atoms with Crippen molar-refractivity contribution in [3.63, 3.8) is 0 Å². The van der Waals surface area contributed by atoms with Crippen LogP contribution in [0.2, 0.25) is 0 Å². The van der Waals surface area contributed by atoms with E-state index in [1.807, 2.05) is 4.90 Å². The normalized spacial score (nSPS) is 24.7. The van der Waals surface area contributed by atoms with Crippen LogP contribution in [-0.4, -0.2) is 29.9 Å². The Kier molecular flexibility index (Phi) is 4.94. The largest absolute Gasteiger partial charge is 0.339 e. The summed E-state index contributed by atoms with van der Waals surface area (Å²) >= 11 is 0. The molecule has 0 unspecified atom stereocenters. The van der Waals surface area contributed by atoms with Crippen molar-refractivity contribution in [2.75, 3.05) is 13.1 Å². The third kappa shape index (κ3) is 3.34. The summed E-state index contributed by atoms with van der Waals surface area (Å²) in [5.41, 5.74) is 6.84. The molecule has 0 aromatic heterocycles. The van der Waals surface area contributed by atoms with Crippen molar-refractivity contribution in [2.45, 2.75) is 44.1 Å². The summed E-state index contributed by atoms with van der Waals surface area (Å²) in [4.78, 5) is 14.4. The molecule has 0 saturated carbocycles. The quantitative estimate of drug-likeness (QED) is 0.842. The van der Waals surface area contributed by atoms with Crippen LogP contribution in [0.4, 0.5) is 13.2 Å². The number of hydrogen-bond donors (Lipinski definition) is 1. The van der Waals surface area contributed by atoms with Crippen molar-refractivity contribution in [3.8, 4) is 0 Å². The smallest absolute Gasteiger partial charge is 0.249 e. The molecule has 0 bridgehead atoms. The number of rotatable bonds is 2. The molecular weight excluding hydrogens is 317 g/mol. The lowest BCUT2D eigenvalue weighted by molar-refractivity contribution is -0.128. The fourth-order valence-electron chi connectivity index (χ4n) is 3.58. The van der Waals surface area contributed by atoms with Gasteiger partial charge in [0.25, 0.3) is 0 Å². The van der Waals surface area contributed by atoms with Crippen LogP contribution in [0.1, 0.15) is 43.6 Å². The summed E-state index contributed by atoms with van der Waals surface area (Å²) in [7, 11) is 0. The molecule has 3 nitrogen and oxygen atoms in total. The van der Waals surface area contributed by atoms with Gasteiger partial charge in [-0.1, -0.05) is 6.08 Å². The number of halogens is 3. The highest BCUT2D eigenvalue weighted by Crippen LogP contribution is 2.34. The van der Waals surface area contributed by atoms with Gasteiger partial charge in [-0.3, -0.25) is 4.79 Å². The van der Waals surface area contributed by atoms with E-state index in [1.54, 1.807) is 6.08 Å². The number of piperidine rings is 1. The lowest BCUT2D eigenvalue weighted by Crippen LogP contribution is -2.40. The summed E-state index contributed by atoms with van der Waals surface area (Å²) in [6, 6.07) is 0.925. The Morgan fingerprint density at radius 2 is 1.71 bits per heavy atom. The van der Waals surface area contributed by atoms with E-state index in [0.717, 1.165) is 38.4 Å². The number of likely N-dealkylation sites (tertiary alicyclic amines) is 1. The molecule has 2 aliphatic rings. The maximum absolute atomic E-state index is 14.0. The van der Waals surface area contributed by atoms with Crippen molar-refractivity contribution < 1.29 is 18.0 Å². The van der Waals surface area contributed by atoms with Gasteiger partial charge in [-0.2, -0.15) is 0 Å². The molecule has 1 saturated heterocycles. The Morgan fingerprint density at radius 3 is 2.38 bits per heavy atom. The molecule has 0 radical (unpaired) electrons. The van der Waals surface area contributed by atoms with Crippen molar-refractivity contribution >= 4 is 5.91 Å². The van der Waals surface area contributed by atoms with Gasteiger partial charge in [-0.15, -0.1) is 0 Å². The molecule has 1 aliphatic heterocycles. The van der Waals surface area contributed by atoms with Crippen molar-refractivity contribution in [1.29, 1.82) is 0 Å². The minimum absolute atomic E-state index is 0.00522. The fourth-order valence-corrected chi connectivity index (χ4v) is 3.58. The number of hydrogen-bond acceptors (Lipinski definition) is 2. The maximum Gasteiger partial charge on any atom is 0.249 e. The Hall–Kier alpha value is -1.82. The molecule has 2 N–H and O–H groups in total. The summed E-state index contributed by atoms with van der Waals surface area (Å²) in [6.45, 7) is 1.51. The SMILES string of the molecule is N[C@@H]1CC(C(=O)N2CCCCC2)=CC[C@H]1c1cc(F)c(F)cc1F. The maximum atomic E-state index is 14.0. The van der Waals surface area contributed by atoms with Gasteiger partial charge in [0.1, 0.15) is 5.82 Å². The van der Waals surface area contributed by atoms with E-state index in [2.05, 4.69) is 0 Å². The molecule has 3 rings (SSSR count). The first-order chi connectivity index (χ1) is 11.5. The van der Waals surface area contributed by atoms with Gasteiger partial charge in [0.05, 0.1) is 0 Å². The molecule has 1 amide bonds. The highest BCUT2D eigenvalue weighted by Gasteiger charge is 2.31. The van der Waals surface area contributed by atoms with Crippen molar-refractivity contribution in [1.82, 2.24) is 4.90 Å². The van der Waals surface area contributed by atoms with Crippen molar-refractivity contribution in [3.05, 3.63) is 46.8 Å². The summed E-state index contributed by atoms with van der Waals surface area (Å²) < 4.78 is 40.5. The first-order valence-corrected chi connectivity index (χ1v) is 8.35. The number of benzene rings is 1. The van der Waals surface area contributed by atoms with E-state index in [-0.39, 0.29) is 11.5 Å². The first-order valence-electron chi connectivity index (χ1n) is 8.35. The van der Waals surface area contributed by atoms with Crippen molar-refractivity contribution in [2.24, 2.45) is 5.73 Å². The van der Waals surface area contributed by atoms with Crippen LogP contribution in [0, 0.1) is 17.5 Å². The van der Waals surface area contributed by atoms with E-state index in [1.165, 1.54) is 0 Å². The van der Waals surface area contributed by atoms with Crippen LogP contribution in [0.3, 0.4) is 0 Å². The Morgan fingerprint density at radius 1 is 1.04 bits per heavy atom. The minimum atomic E-state index is -1.21. The van der Waals surface area contributed by atoms with Gasteiger partial charge in [-0.05, 0) is 43.7 Å². The molecular formula is C18H21F3N2O. The fraction of sp³-hybridized carbons (Fsp3) is 0.500. The van der Waals surface area contributed by atoms with Crippen LogP contribution in [0.5, 0.6) is 0 Å².